The number of benzene rings is 1. The zero-order valence-corrected chi connectivity index (χ0v) is 13.6. The van der Waals surface area contributed by atoms with Crippen LogP contribution in [0.4, 0.5) is 5.69 Å². The summed E-state index contributed by atoms with van der Waals surface area (Å²) in [6.45, 7) is 7.54. The van der Waals surface area contributed by atoms with E-state index in [1.54, 1.807) is 0 Å². The lowest BCUT2D eigenvalue weighted by molar-refractivity contribution is -0.385. The first kappa shape index (κ1) is 17.6. The lowest BCUT2D eigenvalue weighted by atomic mass is 10.2. The van der Waals surface area contributed by atoms with E-state index in [-0.39, 0.29) is 22.7 Å². The van der Waals surface area contributed by atoms with Gasteiger partial charge in [-0.3, -0.25) is 10.1 Å². The van der Waals surface area contributed by atoms with Crippen LogP contribution < -0.4 is 0 Å². The second-order valence-corrected chi connectivity index (χ2v) is 6.95. The summed E-state index contributed by atoms with van der Waals surface area (Å²) in [5, 5.41) is 10.8. The van der Waals surface area contributed by atoms with Crippen LogP contribution in [0.3, 0.4) is 0 Å². The van der Waals surface area contributed by atoms with Crippen molar-refractivity contribution in [1.29, 1.82) is 0 Å². The van der Waals surface area contributed by atoms with Gasteiger partial charge in [0, 0.05) is 24.2 Å². The van der Waals surface area contributed by atoms with E-state index in [4.69, 9.17) is 0 Å². The van der Waals surface area contributed by atoms with Gasteiger partial charge in [0.1, 0.15) is 0 Å². The highest BCUT2D eigenvalue weighted by atomic mass is 32.2. The van der Waals surface area contributed by atoms with Crippen LogP contribution in [0.5, 0.6) is 0 Å². The van der Waals surface area contributed by atoms with Gasteiger partial charge in [0.15, 0.2) is 0 Å². The SMILES string of the molecule is CCC(C)N(C(C)CC)S(=O)(=O)c1cccc([N+](=O)[O-])c1. The molecule has 0 fully saturated rings. The lowest BCUT2D eigenvalue weighted by Crippen LogP contribution is -2.44. The van der Waals surface area contributed by atoms with Crippen molar-refractivity contribution < 1.29 is 13.3 Å². The summed E-state index contributed by atoms with van der Waals surface area (Å²) in [5.74, 6) is 0. The predicted octanol–water partition coefficient (Wildman–Crippen LogP) is 3.18. The number of nitro groups is 1. The molecule has 0 aliphatic carbocycles. The molecule has 2 atom stereocenters. The van der Waals surface area contributed by atoms with Gasteiger partial charge in [-0.15, -0.1) is 0 Å². The minimum atomic E-state index is -3.75. The molecular formula is C14H22N2O4S. The fourth-order valence-electron chi connectivity index (χ4n) is 2.15. The first-order valence-corrected chi connectivity index (χ1v) is 8.47. The van der Waals surface area contributed by atoms with Crippen molar-refractivity contribution in [2.24, 2.45) is 0 Å². The molecule has 0 saturated carbocycles. The van der Waals surface area contributed by atoms with Gasteiger partial charge in [0.05, 0.1) is 9.82 Å². The second kappa shape index (κ2) is 7.00. The Morgan fingerprint density at radius 3 is 2.14 bits per heavy atom. The molecule has 0 N–H and O–H groups in total. The van der Waals surface area contributed by atoms with Gasteiger partial charge in [0.25, 0.3) is 5.69 Å². The molecule has 1 aromatic rings. The van der Waals surface area contributed by atoms with Crippen molar-refractivity contribution in [2.45, 2.75) is 57.5 Å². The molecule has 1 aromatic carbocycles. The summed E-state index contributed by atoms with van der Waals surface area (Å²) in [6, 6.07) is 4.88. The van der Waals surface area contributed by atoms with Crippen molar-refractivity contribution in [3.8, 4) is 0 Å². The zero-order valence-electron chi connectivity index (χ0n) is 12.8. The maximum atomic E-state index is 12.8. The Kier molecular flexibility index (Phi) is 5.86. The van der Waals surface area contributed by atoms with Crippen LogP contribution in [0.1, 0.15) is 40.5 Å². The van der Waals surface area contributed by atoms with Gasteiger partial charge < -0.3 is 0 Å². The van der Waals surface area contributed by atoms with Gasteiger partial charge >= 0.3 is 0 Å². The Bertz CT molecular complexity index is 591. The molecule has 0 aliphatic rings. The summed E-state index contributed by atoms with van der Waals surface area (Å²) in [7, 11) is -3.75. The quantitative estimate of drug-likeness (QED) is 0.572. The standard InChI is InChI=1S/C14H22N2O4S/c1-5-11(3)15(12(4)6-2)21(19,20)14-9-7-8-13(10-14)16(17)18/h7-12H,5-6H2,1-4H3. The van der Waals surface area contributed by atoms with E-state index < -0.39 is 14.9 Å². The molecular weight excluding hydrogens is 292 g/mol. The van der Waals surface area contributed by atoms with Crippen LogP contribution in [-0.4, -0.2) is 29.7 Å². The second-order valence-electron chi connectivity index (χ2n) is 5.10. The van der Waals surface area contributed by atoms with Gasteiger partial charge in [-0.25, -0.2) is 8.42 Å². The predicted molar refractivity (Wildman–Crippen MR) is 81.6 cm³/mol. The minimum absolute atomic E-state index is 0.0303. The van der Waals surface area contributed by atoms with Crippen molar-refractivity contribution in [3.05, 3.63) is 34.4 Å². The number of hydrogen-bond acceptors (Lipinski definition) is 4. The number of nitro benzene ring substituents is 1. The third kappa shape index (κ3) is 3.79. The summed E-state index contributed by atoms with van der Waals surface area (Å²) in [6.07, 6.45) is 1.36. The molecule has 0 saturated heterocycles. The average Bonchev–Trinajstić information content (AvgIpc) is 2.46. The first-order valence-electron chi connectivity index (χ1n) is 7.03. The van der Waals surface area contributed by atoms with Crippen LogP contribution in [0, 0.1) is 10.1 Å². The highest BCUT2D eigenvalue weighted by molar-refractivity contribution is 7.89. The smallest absolute Gasteiger partial charge is 0.258 e. The van der Waals surface area contributed by atoms with Gasteiger partial charge in [-0.1, -0.05) is 19.9 Å². The van der Waals surface area contributed by atoms with E-state index in [1.807, 2.05) is 27.7 Å². The van der Waals surface area contributed by atoms with Crippen LogP contribution in [-0.2, 0) is 10.0 Å². The Morgan fingerprint density at radius 2 is 1.71 bits per heavy atom. The molecule has 1 rings (SSSR count). The van der Waals surface area contributed by atoms with Crippen molar-refractivity contribution in [2.75, 3.05) is 0 Å². The summed E-state index contributed by atoms with van der Waals surface area (Å²) in [4.78, 5) is 10.2. The van der Waals surface area contributed by atoms with E-state index >= 15 is 0 Å². The van der Waals surface area contributed by atoms with E-state index in [9.17, 15) is 18.5 Å². The van der Waals surface area contributed by atoms with Crippen molar-refractivity contribution in [1.82, 2.24) is 4.31 Å². The number of hydrogen-bond donors (Lipinski definition) is 0. The summed E-state index contributed by atoms with van der Waals surface area (Å²) >= 11 is 0. The van der Waals surface area contributed by atoms with Crippen molar-refractivity contribution >= 4 is 15.7 Å². The molecule has 0 spiro atoms. The Labute approximate surface area is 126 Å². The van der Waals surface area contributed by atoms with Gasteiger partial charge in [0.2, 0.25) is 10.0 Å². The molecule has 118 valence electrons. The molecule has 0 radical (unpaired) electrons. The number of sulfonamides is 1. The molecule has 6 nitrogen and oxygen atoms in total. The summed E-state index contributed by atoms with van der Waals surface area (Å²) < 4.78 is 27.1. The van der Waals surface area contributed by atoms with Gasteiger partial charge in [-0.05, 0) is 32.8 Å². The fourth-order valence-corrected chi connectivity index (χ4v) is 4.16. The molecule has 21 heavy (non-hydrogen) atoms. The molecule has 2 unspecified atom stereocenters. The van der Waals surface area contributed by atoms with E-state index in [1.165, 1.54) is 22.5 Å². The third-order valence-electron chi connectivity index (χ3n) is 3.65. The van der Waals surface area contributed by atoms with Crippen LogP contribution >= 0.6 is 0 Å². The van der Waals surface area contributed by atoms with E-state index in [0.717, 1.165) is 6.07 Å². The maximum Gasteiger partial charge on any atom is 0.270 e. The Balaban J connectivity index is 3.35. The van der Waals surface area contributed by atoms with E-state index in [2.05, 4.69) is 0 Å². The maximum absolute atomic E-state index is 12.8. The van der Waals surface area contributed by atoms with E-state index in [0.29, 0.717) is 12.8 Å². The minimum Gasteiger partial charge on any atom is -0.258 e. The van der Waals surface area contributed by atoms with Crippen LogP contribution in [0.15, 0.2) is 29.2 Å². The number of nitrogens with zero attached hydrogens (tertiary/aromatic N) is 2. The van der Waals surface area contributed by atoms with Crippen molar-refractivity contribution in [3.63, 3.8) is 0 Å². The fraction of sp³-hybridized carbons (Fsp3) is 0.571. The Hall–Kier alpha value is -1.47. The highest BCUT2D eigenvalue weighted by Crippen LogP contribution is 2.26. The lowest BCUT2D eigenvalue weighted by Gasteiger charge is -2.32. The third-order valence-corrected chi connectivity index (χ3v) is 5.78. The zero-order chi connectivity index (χ0) is 16.2. The van der Waals surface area contributed by atoms with Crippen LogP contribution in [0.25, 0.3) is 0 Å². The number of rotatable bonds is 7. The molecule has 0 heterocycles. The first-order chi connectivity index (χ1) is 9.75. The van der Waals surface area contributed by atoms with Crippen LogP contribution in [0.2, 0.25) is 0 Å². The highest BCUT2D eigenvalue weighted by Gasteiger charge is 2.32. The Morgan fingerprint density at radius 1 is 1.19 bits per heavy atom. The normalized spacial score (nSPS) is 14.9. The average molecular weight is 314 g/mol. The molecule has 0 bridgehead atoms. The van der Waals surface area contributed by atoms with Gasteiger partial charge in [-0.2, -0.15) is 4.31 Å². The topological polar surface area (TPSA) is 80.5 Å². The number of non-ortho nitro benzene ring substituents is 1. The summed E-state index contributed by atoms with van der Waals surface area (Å²) in [5.41, 5.74) is -0.218. The molecule has 7 heteroatoms. The molecule has 0 aliphatic heterocycles. The monoisotopic (exact) mass is 314 g/mol. The largest absolute Gasteiger partial charge is 0.270 e. The molecule has 0 amide bonds. The molecule has 0 aromatic heterocycles.